The van der Waals surface area contributed by atoms with E-state index in [-0.39, 0.29) is 10.6 Å². The van der Waals surface area contributed by atoms with Gasteiger partial charge in [-0.05, 0) is 6.92 Å². The zero-order valence-corrected chi connectivity index (χ0v) is 8.21. The lowest BCUT2D eigenvalue weighted by Crippen LogP contribution is -2.09. The first-order valence-electron chi connectivity index (χ1n) is 3.71. The van der Waals surface area contributed by atoms with Crippen LogP contribution in [0.4, 0.5) is 0 Å². The summed E-state index contributed by atoms with van der Waals surface area (Å²) in [6.07, 6.45) is 2.81. The number of rotatable bonds is 3. The maximum atomic E-state index is 11.2. The van der Waals surface area contributed by atoms with Crippen molar-refractivity contribution in [1.29, 1.82) is 0 Å². The number of sulfone groups is 1. The van der Waals surface area contributed by atoms with E-state index >= 15 is 0 Å². The fourth-order valence-corrected chi connectivity index (χ4v) is 2.19. The highest BCUT2D eigenvalue weighted by Crippen LogP contribution is 2.12. The Bertz CT molecular complexity index is 419. The van der Waals surface area contributed by atoms with Gasteiger partial charge in [0.05, 0.1) is 11.8 Å². The van der Waals surface area contributed by atoms with Crippen LogP contribution in [0.1, 0.15) is 17.3 Å². The van der Waals surface area contributed by atoms with E-state index in [2.05, 4.69) is 5.10 Å². The summed E-state index contributed by atoms with van der Waals surface area (Å²) in [5, 5.41) is 3.77. The van der Waals surface area contributed by atoms with E-state index in [0.29, 0.717) is 12.8 Å². The van der Waals surface area contributed by atoms with Crippen LogP contribution in [0.3, 0.4) is 0 Å². The van der Waals surface area contributed by atoms with Gasteiger partial charge in [-0.15, -0.1) is 0 Å². The van der Waals surface area contributed by atoms with Gasteiger partial charge >= 0.3 is 0 Å². The Labute approximate surface area is 76.3 Å². The van der Waals surface area contributed by atoms with Crippen molar-refractivity contribution in [3.63, 3.8) is 0 Å². The number of aromatic nitrogens is 2. The molecule has 0 aliphatic heterocycles. The highest BCUT2D eigenvalue weighted by Gasteiger charge is 2.18. The average Bonchev–Trinajstić information content (AvgIpc) is 2.45. The Kier molecular flexibility index (Phi) is 2.51. The Balaban J connectivity index is 3.46. The van der Waals surface area contributed by atoms with Crippen molar-refractivity contribution in [2.24, 2.45) is 0 Å². The number of hydrogen-bond donors (Lipinski definition) is 0. The lowest BCUT2D eigenvalue weighted by Gasteiger charge is -2.01. The molecule has 0 saturated carbocycles. The van der Waals surface area contributed by atoms with Crippen molar-refractivity contribution in [2.75, 3.05) is 6.26 Å². The molecule has 0 aliphatic carbocycles. The highest BCUT2D eigenvalue weighted by molar-refractivity contribution is 7.90. The molecule has 0 fully saturated rings. The number of carbonyl (C=O) groups is 1. The van der Waals surface area contributed by atoms with E-state index in [1.807, 2.05) is 0 Å². The second-order valence-electron chi connectivity index (χ2n) is 2.61. The van der Waals surface area contributed by atoms with Gasteiger partial charge < -0.3 is 0 Å². The van der Waals surface area contributed by atoms with Crippen molar-refractivity contribution < 1.29 is 13.2 Å². The van der Waals surface area contributed by atoms with Crippen molar-refractivity contribution in [3.8, 4) is 0 Å². The first kappa shape index (κ1) is 9.91. The summed E-state index contributed by atoms with van der Waals surface area (Å²) in [6, 6.07) is 0. The van der Waals surface area contributed by atoms with E-state index in [1.54, 1.807) is 6.92 Å². The molecule has 0 N–H and O–H groups in total. The van der Waals surface area contributed by atoms with Crippen LogP contribution in [0.15, 0.2) is 11.2 Å². The molecule has 0 saturated heterocycles. The molecule has 0 radical (unpaired) electrons. The second kappa shape index (κ2) is 3.29. The van der Waals surface area contributed by atoms with Crippen LogP contribution >= 0.6 is 0 Å². The van der Waals surface area contributed by atoms with Crippen molar-refractivity contribution >= 4 is 16.1 Å². The third-order valence-corrected chi connectivity index (χ3v) is 2.74. The largest absolute Gasteiger partial charge is 0.298 e. The summed E-state index contributed by atoms with van der Waals surface area (Å²) in [4.78, 5) is 10.5. The van der Waals surface area contributed by atoms with E-state index in [9.17, 15) is 13.2 Å². The van der Waals surface area contributed by atoms with E-state index < -0.39 is 9.84 Å². The molecule has 1 aromatic heterocycles. The standard InChI is InChI=1S/C7H10N2O3S/c1-3-9-7(13(2,11)12)6(5-10)4-8-9/h4-5H,3H2,1-2H3. The lowest BCUT2D eigenvalue weighted by molar-refractivity contribution is 0.112. The number of nitrogens with zero attached hydrogens (tertiary/aromatic N) is 2. The Hall–Kier alpha value is -1.17. The van der Waals surface area contributed by atoms with Crippen LogP contribution < -0.4 is 0 Å². The molecule has 1 aromatic rings. The minimum Gasteiger partial charge on any atom is -0.298 e. The molecule has 5 nitrogen and oxygen atoms in total. The summed E-state index contributed by atoms with van der Waals surface area (Å²) in [5.74, 6) is 0. The SMILES string of the molecule is CCn1ncc(C=O)c1S(C)(=O)=O. The minimum absolute atomic E-state index is 0.00926. The molecule has 0 aliphatic rings. The van der Waals surface area contributed by atoms with Crippen LogP contribution in [0.5, 0.6) is 0 Å². The van der Waals surface area contributed by atoms with Gasteiger partial charge in [-0.25, -0.2) is 8.42 Å². The second-order valence-corrected chi connectivity index (χ2v) is 4.54. The van der Waals surface area contributed by atoms with Gasteiger partial charge in [-0.2, -0.15) is 5.10 Å². The zero-order chi connectivity index (χ0) is 10.1. The minimum atomic E-state index is -3.38. The fraction of sp³-hybridized carbons (Fsp3) is 0.429. The Morgan fingerprint density at radius 2 is 2.23 bits per heavy atom. The van der Waals surface area contributed by atoms with Crippen LogP contribution in [0, 0.1) is 0 Å². The molecule has 0 unspecified atom stereocenters. The molecule has 0 atom stereocenters. The normalized spacial score (nSPS) is 11.5. The molecule has 6 heteroatoms. The molecule has 0 bridgehead atoms. The predicted molar refractivity (Wildman–Crippen MR) is 46.4 cm³/mol. The molecule has 72 valence electrons. The van der Waals surface area contributed by atoms with Crippen molar-refractivity contribution in [3.05, 3.63) is 11.8 Å². The lowest BCUT2D eigenvalue weighted by atomic mass is 10.4. The van der Waals surface area contributed by atoms with Gasteiger partial charge in [0.2, 0.25) is 0 Å². The maximum absolute atomic E-state index is 11.2. The summed E-state index contributed by atoms with van der Waals surface area (Å²) < 4.78 is 23.8. The fourth-order valence-electron chi connectivity index (χ4n) is 1.10. The monoisotopic (exact) mass is 202 g/mol. The molecule has 13 heavy (non-hydrogen) atoms. The number of carbonyl (C=O) groups excluding carboxylic acids is 1. The number of aryl methyl sites for hydroxylation is 1. The summed E-state index contributed by atoms with van der Waals surface area (Å²) in [5.41, 5.74) is 0.115. The van der Waals surface area contributed by atoms with Crippen molar-refractivity contribution in [2.45, 2.75) is 18.5 Å². The first-order valence-corrected chi connectivity index (χ1v) is 5.61. The van der Waals surface area contributed by atoms with Crippen LogP contribution in [-0.4, -0.2) is 30.7 Å². The molecule has 0 spiro atoms. The third kappa shape index (κ3) is 1.77. The quantitative estimate of drug-likeness (QED) is 0.653. The summed E-state index contributed by atoms with van der Waals surface area (Å²) in [7, 11) is -3.38. The van der Waals surface area contributed by atoms with Gasteiger partial charge in [0, 0.05) is 12.8 Å². The van der Waals surface area contributed by atoms with E-state index in [4.69, 9.17) is 0 Å². The van der Waals surface area contributed by atoms with Gasteiger partial charge in [0.15, 0.2) is 21.1 Å². The summed E-state index contributed by atoms with van der Waals surface area (Å²) >= 11 is 0. The van der Waals surface area contributed by atoms with Crippen LogP contribution in [0.2, 0.25) is 0 Å². The third-order valence-electron chi connectivity index (χ3n) is 1.60. The highest BCUT2D eigenvalue weighted by atomic mass is 32.2. The first-order chi connectivity index (χ1) is 6.00. The Morgan fingerprint density at radius 3 is 2.62 bits per heavy atom. The smallest absolute Gasteiger partial charge is 0.193 e. The van der Waals surface area contributed by atoms with E-state index in [0.717, 1.165) is 6.26 Å². The number of aldehydes is 1. The van der Waals surface area contributed by atoms with E-state index in [1.165, 1.54) is 10.9 Å². The molecular formula is C7H10N2O3S. The summed E-state index contributed by atoms with van der Waals surface area (Å²) in [6.45, 7) is 2.19. The van der Waals surface area contributed by atoms with Crippen LogP contribution in [-0.2, 0) is 16.4 Å². The molecule has 0 amide bonds. The average molecular weight is 202 g/mol. The number of hydrogen-bond acceptors (Lipinski definition) is 4. The molecular weight excluding hydrogens is 192 g/mol. The predicted octanol–water partition coefficient (Wildman–Crippen LogP) is 0.119. The van der Waals surface area contributed by atoms with Crippen molar-refractivity contribution in [1.82, 2.24) is 9.78 Å². The van der Waals surface area contributed by atoms with Gasteiger partial charge in [-0.1, -0.05) is 0 Å². The Morgan fingerprint density at radius 1 is 1.62 bits per heavy atom. The van der Waals surface area contributed by atoms with Gasteiger partial charge in [0.25, 0.3) is 0 Å². The zero-order valence-electron chi connectivity index (χ0n) is 7.39. The topological polar surface area (TPSA) is 69.0 Å². The molecule has 1 heterocycles. The molecule has 0 aromatic carbocycles. The van der Waals surface area contributed by atoms with Gasteiger partial charge in [0.1, 0.15) is 0 Å². The van der Waals surface area contributed by atoms with Crippen LogP contribution in [0.25, 0.3) is 0 Å². The van der Waals surface area contributed by atoms with Gasteiger partial charge in [-0.3, -0.25) is 9.48 Å². The molecule has 1 rings (SSSR count). The maximum Gasteiger partial charge on any atom is 0.193 e.